The summed E-state index contributed by atoms with van der Waals surface area (Å²) >= 11 is 0. The molecule has 0 amide bonds. The Morgan fingerprint density at radius 1 is 0.630 bits per heavy atom. The van der Waals surface area contributed by atoms with Gasteiger partial charge < -0.3 is 31.8 Å². The van der Waals surface area contributed by atoms with Crippen LogP contribution in [0, 0.1) is 13.8 Å². The minimum absolute atomic E-state index is 0. The zero-order valence-corrected chi connectivity index (χ0v) is 30.6. The Balaban J connectivity index is 0.00000288. The Morgan fingerprint density at radius 2 is 1.02 bits per heavy atom. The molecule has 5 heterocycles. The van der Waals surface area contributed by atoms with Crippen LogP contribution in [0.15, 0.2) is 24.3 Å². The Morgan fingerprint density at radius 3 is 1.43 bits per heavy atom. The molecule has 8 bridgehead atoms. The molecule has 3 aromatic heterocycles. The quantitative estimate of drug-likeness (QED) is 0.248. The van der Waals surface area contributed by atoms with Crippen LogP contribution in [-0.2, 0) is 54.3 Å². The minimum atomic E-state index is -0.275. The van der Waals surface area contributed by atoms with Crippen LogP contribution in [-0.4, -0.2) is 36.1 Å². The summed E-state index contributed by atoms with van der Waals surface area (Å²) in [5, 5.41) is 0. The molecule has 5 rings (SSSR count). The average molecular weight is 825 g/mol. The first-order valence-electron chi connectivity index (χ1n) is 15.3. The van der Waals surface area contributed by atoms with Crippen molar-refractivity contribution in [1.82, 2.24) is 19.9 Å². The SMILES string of the molecule is CCC1=C(C)c2cc3[n-]c(cc4[n-]c(cc5nc(cc1n2)C(C)=C5CC)c(C)c4CCC(=O)OC)c(CCC(=O)OC)c3C.[Au+3].[Cl-]. The van der Waals surface area contributed by atoms with Gasteiger partial charge in [0, 0.05) is 12.8 Å². The van der Waals surface area contributed by atoms with E-state index in [9.17, 15) is 9.59 Å². The molecule has 0 aromatic carbocycles. The second-order valence-electron chi connectivity index (χ2n) is 11.4. The molecule has 3 aromatic rings. The van der Waals surface area contributed by atoms with Crippen molar-refractivity contribution in [1.29, 1.82) is 0 Å². The Hall–Kier alpha value is -3.43. The molecule has 0 fully saturated rings. The molecule has 8 nitrogen and oxygen atoms in total. The summed E-state index contributed by atoms with van der Waals surface area (Å²) in [5.41, 5.74) is 15.3. The predicted octanol–water partition coefficient (Wildman–Crippen LogP) is 4.08. The van der Waals surface area contributed by atoms with E-state index in [2.05, 4.69) is 39.8 Å². The van der Waals surface area contributed by atoms with E-state index in [0.717, 1.165) is 91.1 Å². The average Bonchev–Trinajstić information content (AvgIpc) is 3.67. The van der Waals surface area contributed by atoms with Crippen molar-refractivity contribution in [2.45, 2.75) is 80.1 Å². The number of carbonyl (C=O) groups excluding carboxylic acids is 2. The fourth-order valence-corrected chi connectivity index (χ4v) is 6.25. The van der Waals surface area contributed by atoms with Crippen LogP contribution in [0.2, 0.25) is 0 Å². The summed E-state index contributed by atoms with van der Waals surface area (Å²) in [5.74, 6) is -0.550. The summed E-state index contributed by atoms with van der Waals surface area (Å²) in [6, 6.07) is 8.19. The first-order valence-corrected chi connectivity index (χ1v) is 15.3. The van der Waals surface area contributed by atoms with E-state index in [4.69, 9.17) is 29.4 Å². The first-order chi connectivity index (χ1) is 21.1. The number of allylic oxidation sites excluding steroid dienone is 4. The first kappa shape index (κ1) is 37.0. The van der Waals surface area contributed by atoms with Crippen molar-refractivity contribution in [2.24, 2.45) is 0 Å². The van der Waals surface area contributed by atoms with Crippen LogP contribution in [0.1, 0.15) is 98.4 Å². The largest absolute Gasteiger partial charge is 3.00 e. The zero-order valence-electron chi connectivity index (χ0n) is 27.7. The number of rotatable bonds is 8. The van der Waals surface area contributed by atoms with Gasteiger partial charge >= 0.3 is 34.3 Å². The molecule has 0 spiro atoms. The van der Waals surface area contributed by atoms with Gasteiger partial charge in [-0.25, -0.2) is 9.97 Å². The number of aromatic nitrogens is 4. The van der Waals surface area contributed by atoms with Crippen LogP contribution < -0.4 is 22.4 Å². The molecule has 0 saturated heterocycles. The van der Waals surface area contributed by atoms with Gasteiger partial charge in [0.15, 0.2) is 0 Å². The number of fused-ring (bicyclic) bond motifs is 8. The van der Waals surface area contributed by atoms with Crippen molar-refractivity contribution < 1.29 is 53.9 Å². The van der Waals surface area contributed by atoms with Crippen LogP contribution >= 0.6 is 0 Å². The third-order valence-corrected chi connectivity index (χ3v) is 8.96. The van der Waals surface area contributed by atoms with Crippen LogP contribution in [0.3, 0.4) is 0 Å². The van der Waals surface area contributed by atoms with E-state index in [0.29, 0.717) is 12.8 Å². The summed E-state index contributed by atoms with van der Waals surface area (Å²) in [4.78, 5) is 44.6. The van der Waals surface area contributed by atoms with Crippen molar-refractivity contribution in [2.75, 3.05) is 14.2 Å². The second kappa shape index (κ2) is 15.4. The van der Waals surface area contributed by atoms with Crippen LogP contribution in [0.25, 0.3) is 44.4 Å². The van der Waals surface area contributed by atoms with E-state index in [1.165, 1.54) is 25.4 Å². The third kappa shape index (κ3) is 7.10. The predicted molar refractivity (Wildman–Crippen MR) is 175 cm³/mol. The van der Waals surface area contributed by atoms with Crippen LogP contribution in [0.5, 0.6) is 0 Å². The topological polar surface area (TPSA) is 107 Å². The molecule has 0 unspecified atom stereocenters. The molecular formula is C36H40AuClN4O4. The molecule has 0 atom stereocenters. The van der Waals surface area contributed by atoms with E-state index in [1.54, 1.807) is 0 Å². The maximum absolute atomic E-state index is 12.2. The smallest absolute Gasteiger partial charge is 1.00 e. The standard InChI is InChI=1S/C36H40N4O4.Au.ClH/c1-9-23-19(3)27-15-28-21(5)25(11-13-35(41)43-7)33(39-28)18-34-26(12-14-36(42)44-8)22(6)30(40-34)17-32-24(10-2)20(4)29(38-32)16-31(23)37-27;;/h15-18H,9-14H2,1-8H3;;1H/q-2;+3;/p-1. The molecule has 0 saturated carbocycles. The fourth-order valence-electron chi connectivity index (χ4n) is 6.25. The molecule has 0 aliphatic carbocycles. The van der Waals surface area contributed by atoms with E-state index < -0.39 is 0 Å². The van der Waals surface area contributed by atoms with Crippen molar-refractivity contribution >= 4 is 56.3 Å². The number of nitrogens with zero attached hydrogens (tertiary/aromatic N) is 4. The number of hydrogen-bond donors (Lipinski definition) is 0. The maximum atomic E-state index is 12.2. The van der Waals surface area contributed by atoms with Crippen molar-refractivity contribution in [3.8, 4) is 0 Å². The summed E-state index contributed by atoms with van der Waals surface area (Å²) in [6.45, 7) is 12.6. The maximum Gasteiger partial charge on any atom is 3.00 e. The second-order valence-corrected chi connectivity index (χ2v) is 11.4. The fraction of sp³-hybridized carbons (Fsp3) is 0.389. The van der Waals surface area contributed by atoms with Gasteiger partial charge in [-0.1, -0.05) is 54.3 Å². The summed E-state index contributed by atoms with van der Waals surface area (Å²) in [7, 11) is 2.80. The minimum Gasteiger partial charge on any atom is -1.00 e. The molecule has 246 valence electrons. The number of ether oxygens (including phenoxy) is 2. The number of halogens is 1. The number of methoxy groups -OCH3 is 2. The Labute approximate surface area is 292 Å². The molecular weight excluding hydrogens is 785 g/mol. The van der Waals surface area contributed by atoms with Crippen LogP contribution in [0.4, 0.5) is 0 Å². The van der Waals surface area contributed by atoms with Gasteiger partial charge in [0.1, 0.15) is 0 Å². The van der Waals surface area contributed by atoms with E-state index >= 15 is 0 Å². The van der Waals surface area contributed by atoms with Gasteiger partial charge in [0.25, 0.3) is 0 Å². The number of hydrogen-bond acceptors (Lipinski definition) is 6. The van der Waals surface area contributed by atoms with Gasteiger partial charge in [0.2, 0.25) is 0 Å². The summed E-state index contributed by atoms with van der Waals surface area (Å²) in [6.07, 6.45) is 3.12. The molecule has 0 radical (unpaired) electrons. The number of esters is 2. The van der Waals surface area contributed by atoms with Gasteiger partial charge in [0.05, 0.1) is 37.0 Å². The van der Waals surface area contributed by atoms with Crippen molar-refractivity contribution in [3.05, 3.63) is 69.3 Å². The van der Waals surface area contributed by atoms with Gasteiger partial charge in [-0.2, -0.15) is 0 Å². The normalized spacial score (nSPS) is 12.5. The molecule has 2 aliphatic heterocycles. The number of carbonyl (C=O) groups is 2. The van der Waals surface area contributed by atoms with E-state index in [-0.39, 0.29) is 59.6 Å². The molecule has 2 aliphatic rings. The monoisotopic (exact) mass is 824 g/mol. The van der Waals surface area contributed by atoms with Gasteiger partial charge in [-0.15, -0.1) is 22.1 Å². The number of aryl methyl sites for hydroxylation is 4. The third-order valence-electron chi connectivity index (χ3n) is 8.96. The Kier molecular flexibility index (Phi) is 12.4. The summed E-state index contributed by atoms with van der Waals surface area (Å²) < 4.78 is 9.89. The molecule has 0 N–H and O–H groups in total. The Bertz CT molecular complexity index is 1900. The molecule has 46 heavy (non-hydrogen) atoms. The zero-order chi connectivity index (χ0) is 31.7. The van der Waals surface area contributed by atoms with E-state index in [1.807, 2.05) is 26.0 Å². The molecule has 10 heteroatoms. The van der Waals surface area contributed by atoms with Gasteiger partial charge in [-0.3, -0.25) is 9.59 Å². The van der Waals surface area contributed by atoms with Gasteiger partial charge in [-0.05, 0) is 81.7 Å². The van der Waals surface area contributed by atoms with Crippen molar-refractivity contribution in [3.63, 3.8) is 0 Å².